The van der Waals surface area contributed by atoms with Crippen molar-refractivity contribution in [1.82, 2.24) is 0 Å². The first-order valence-electron chi connectivity index (χ1n) is 4.85. The van der Waals surface area contributed by atoms with Gasteiger partial charge in [0.2, 0.25) is 0 Å². The molecule has 1 fully saturated rings. The number of hydrogen-bond donors (Lipinski definition) is 2. The molecule has 0 aliphatic heterocycles. The molecule has 0 saturated heterocycles. The number of nitrogens with two attached hydrogens (primary N) is 1. The van der Waals surface area contributed by atoms with E-state index in [2.05, 4.69) is 15.9 Å². The third-order valence-electron chi connectivity index (χ3n) is 2.89. The SMILES string of the molecule is COc1cc(C)c(Br)c(C2(N)CC2)c1O. The van der Waals surface area contributed by atoms with Gasteiger partial charge < -0.3 is 15.6 Å². The van der Waals surface area contributed by atoms with Crippen LogP contribution in [0.25, 0.3) is 0 Å². The van der Waals surface area contributed by atoms with Crippen LogP contribution in [0.3, 0.4) is 0 Å². The lowest BCUT2D eigenvalue weighted by Gasteiger charge is -2.18. The molecule has 1 aliphatic carbocycles. The number of hydrogen-bond acceptors (Lipinski definition) is 3. The largest absolute Gasteiger partial charge is 0.504 e. The van der Waals surface area contributed by atoms with E-state index in [1.807, 2.05) is 6.92 Å². The summed E-state index contributed by atoms with van der Waals surface area (Å²) in [5.41, 5.74) is 7.55. The Balaban J connectivity index is 2.65. The van der Waals surface area contributed by atoms with Crippen LogP contribution in [0, 0.1) is 6.92 Å². The third-order valence-corrected chi connectivity index (χ3v) is 3.91. The Morgan fingerprint density at radius 3 is 2.60 bits per heavy atom. The molecule has 3 nitrogen and oxygen atoms in total. The highest BCUT2D eigenvalue weighted by Crippen LogP contribution is 2.52. The van der Waals surface area contributed by atoms with Gasteiger partial charge in [-0.2, -0.15) is 0 Å². The Hall–Kier alpha value is -0.740. The highest BCUT2D eigenvalue weighted by molar-refractivity contribution is 9.10. The minimum absolute atomic E-state index is 0.162. The molecular weight excluding hydrogens is 258 g/mol. The van der Waals surface area contributed by atoms with E-state index >= 15 is 0 Å². The molecule has 82 valence electrons. The Morgan fingerprint density at radius 1 is 1.53 bits per heavy atom. The molecule has 1 saturated carbocycles. The van der Waals surface area contributed by atoms with E-state index < -0.39 is 0 Å². The van der Waals surface area contributed by atoms with Crippen LogP contribution < -0.4 is 10.5 Å². The summed E-state index contributed by atoms with van der Waals surface area (Å²) in [6, 6.07) is 1.80. The van der Waals surface area contributed by atoms with Crippen LogP contribution >= 0.6 is 15.9 Å². The fraction of sp³-hybridized carbons (Fsp3) is 0.455. The van der Waals surface area contributed by atoms with Crippen molar-refractivity contribution >= 4 is 15.9 Å². The van der Waals surface area contributed by atoms with E-state index in [9.17, 15) is 5.11 Å². The lowest BCUT2D eigenvalue weighted by Crippen LogP contribution is -2.20. The van der Waals surface area contributed by atoms with Crippen molar-refractivity contribution in [3.8, 4) is 11.5 Å². The van der Waals surface area contributed by atoms with Gasteiger partial charge in [0.05, 0.1) is 7.11 Å². The van der Waals surface area contributed by atoms with Crippen molar-refractivity contribution in [2.24, 2.45) is 5.73 Å². The fourth-order valence-corrected chi connectivity index (χ4v) is 2.44. The molecule has 4 heteroatoms. The first-order chi connectivity index (χ1) is 6.99. The van der Waals surface area contributed by atoms with Crippen LogP contribution in [-0.4, -0.2) is 12.2 Å². The van der Waals surface area contributed by atoms with Gasteiger partial charge in [-0.3, -0.25) is 0 Å². The molecular formula is C11H14BrNO2. The zero-order valence-corrected chi connectivity index (χ0v) is 10.4. The molecule has 0 unspecified atom stereocenters. The number of aromatic hydroxyl groups is 1. The van der Waals surface area contributed by atoms with Crippen molar-refractivity contribution in [3.63, 3.8) is 0 Å². The average molecular weight is 272 g/mol. The van der Waals surface area contributed by atoms with Gasteiger partial charge in [-0.05, 0) is 31.4 Å². The maximum atomic E-state index is 10.0. The second-order valence-electron chi connectivity index (χ2n) is 4.09. The average Bonchev–Trinajstić information content (AvgIpc) is 2.91. The fourth-order valence-electron chi connectivity index (χ4n) is 1.75. The number of methoxy groups -OCH3 is 1. The zero-order chi connectivity index (χ0) is 11.2. The van der Waals surface area contributed by atoms with Gasteiger partial charge in [0.1, 0.15) is 0 Å². The standard InChI is InChI=1S/C11H14BrNO2/c1-6-5-7(15-2)10(14)8(9(6)12)11(13)3-4-11/h5,14H,3-4,13H2,1-2H3. The number of phenolic OH excluding ortho intramolecular Hbond substituents is 1. The molecule has 0 spiro atoms. The number of aryl methyl sites for hydroxylation is 1. The van der Waals surface area contributed by atoms with Crippen molar-refractivity contribution in [2.75, 3.05) is 7.11 Å². The molecule has 3 N–H and O–H groups in total. The number of ether oxygens (including phenoxy) is 1. The Kier molecular flexibility index (Phi) is 2.43. The summed E-state index contributed by atoms with van der Waals surface area (Å²) in [5, 5.41) is 10.0. The smallest absolute Gasteiger partial charge is 0.163 e. The number of phenols is 1. The predicted octanol–water partition coefficient (Wildman–Crippen LogP) is 2.42. The summed E-state index contributed by atoms with van der Waals surface area (Å²) in [7, 11) is 1.54. The summed E-state index contributed by atoms with van der Waals surface area (Å²) in [4.78, 5) is 0. The highest BCUT2D eigenvalue weighted by Gasteiger charge is 2.44. The maximum Gasteiger partial charge on any atom is 0.163 e. The van der Waals surface area contributed by atoms with E-state index in [1.54, 1.807) is 13.2 Å². The quantitative estimate of drug-likeness (QED) is 0.869. The first kappa shape index (κ1) is 10.8. The lowest BCUT2D eigenvalue weighted by atomic mass is 10.0. The number of rotatable bonds is 2. The van der Waals surface area contributed by atoms with Crippen LogP contribution in [0.4, 0.5) is 0 Å². The van der Waals surface area contributed by atoms with E-state index in [0.717, 1.165) is 28.4 Å². The van der Waals surface area contributed by atoms with Crippen LogP contribution in [0.1, 0.15) is 24.0 Å². The van der Waals surface area contributed by atoms with Gasteiger partial charge >= 0.3 is 0 Å². The van der Waals surface area contributed by atoms with Gasteiger partial charge in [0, 0.05) is 15.6 Å². The third kappa shape index (κ3) is 1.62. The number of halogens is 1. The molecule has 0 radical (unpaired) electrons. The van der Waals surface area contributed by atoms with Gasteiger partial charge in [0.15, 0.2) is 11.5 Å². The summed E-state index contributed by atoms with van der Waals surface area (Å²) in [6.07, 6.45) is 1.82. The second kappa shape index (κ2) is 3.39. The Morgan fingerprint density at radius 2 is 2.13 bits per heavy atom. The normalized spacial score (nSPS) is 17.6. The van der Waals surface area contributed by atoms with E-state index in [1.165, 1.54) is 0 Å². The summed E-state index contributed by atoms with van der Waals surface area (Å²) in [6.45, 7) is 1.96. The Bertz CT molecular complexity index is 414. The summed E-state index contributed by atoms with van der Waals surface area (Å²) < 4.78 is 6.01. The summed E-state index contributed by atoms with van der Waals surface area (Å²) in [5.74, 6) is 0.650. The van der Waals surface area contributed by atoms with Crippen LogP contribution in [0.5, 0.6) is 11.5 Å². The van der Waals surface area contributed by atoms with Crippen molar-refractivity contribution < 1.29 is 9.84 Å². The molecule has 0 atom stereocenters. The summed E-state index contributed by atoms with van der Waals surface area (Å²) >= 11 is 3.47. The predicted molar refractivity (Wildman–Crippen MR) is 62.2 cm³/mol. The van der Waals surface area contributed by atoms with Crippen molar-refractivity contribution in [2.45, 2.75) is 25.3 Å². The van der Waals surface area contributed by atoms with E-state index in [4.69, 9.17) is 10.5 Å². The lowest BCUT2D eigenvalue weighted by molar-refractivity contribution is 0.367. The Labute approximate surface area is 97.4 Å². The van der Waals surface area contributed by atoms with Crippen molar-refractivity contribution in [1.29, 1.82) is 0 Å². The highest BCUT2D eigenvalue weighted by atomic mass is 79.9. The van der Waals surface area contributed by atoms with E-state index in [-0.39, 0.29) is 11.3 Å². The topological polar surface area (TPSA) is 55.5 Å². The minimum Gasteiger partial charge on any atom is -0.504 e. The molecule has 0 bridgehead atoms. The molecule has 0 heterocycles. The first-order valence-corrected chi connectivity index (χ1v) is 5.64. The van der Waals surface area contributed by atoms with Gasteiger partial charge in [-0.15, -0.1) is 0 Å². The molecule has 1 aliphatic rings. The van der Waals surface area contributed by atoms with Crippen LogP contribution in [0.15, 0.2) is 10.5 Å². The minimum atomic E-state index is -0.373. The maximum absolute atomic E-state index is 10.0. The van der Waals surface area contributed by atoms with E-state index in [0.29, 0.717) is 5.75 Å². The van der Waals surface area contributed by atoms with Gasteiger partial charge in [-0.1, -0.05) is 15.9 Å². The molecule has 1 aromatic carbocycles. The molecule has 2 rings (SSSR count). The number of benzene rings is 1. The van der Waals surface area contributed by atoms with Gasteiger partial charge in [-0.25, -0.2) is 0 Å². The molecule has 0 aromatic heterocycles. The monoisotopic (exact) mass is 271 g/mol. The van der Waals surface area contributed by atoms with Gasteiger partial charge in [0.25, 0.3) is 0 Å². The van der Waals surface area contributed by atoms with Crippen LogP contribution in [0.2, 0.25) is 0 Å². The van der Waals surface area contributed by atoms with Crippen LogP contribution in [-0.2, 0) is 5.54 Å². The van der Waals surface area contributed by atoms with Crippen molar-refractivity contribution in [3.05, 3.63) is 21.7 Å². The molecule has 1 aromatic rings. The zero-order valence-electron chi connectivity index (χ0n) is 8.80. The second-order valence-corrected chi connectivity index (χ2v) is 4.88. The molecule has 15 heavy (non-hydrogen) atoms. The molecule has 0 amide bonds.